The zero-order chi connectivity index (χ0) is 18.8. The van der Waals surface area contributed by atoms with Gasteiger partial charge in [0.2, 0.25) is 0 Å². The second kappa shape index (κ2) is 13.4. The van der Waals surface area contributed by atoms with Gasteiger partial charge in [0.15, 0.2) is 5.96 Å². The van der Waals surface area contributed by atoms with Crippen LogP contribution < -0.4 is 10.6 Å². The number of aromatic nitrogens is 2. The average Bonchev–Trinajstić information content (AvgIpc) is 2.84. The van der Waals surface area contributed by atoms with E-state index in [1.165, 1.54) is 5.69 Å². The lowest BCUT2D eigenvalue weighted by atomic mass is 10.0. The molecule has 152 valence electrons. The SMILES string of the molecule is CCNC(=NCC(CC(C)C)N(C)C)NCCCn1nc(C)cc1C.I. The summed E-state index contributed by atoms with van der Waals surface area (Å²) >= 11 is 0. The third-order valence-electron chi connectivity index (χ3n) is 4.22. The molecule has 2 N–H and O–H groups in total. The van der Waals surface area contributed by atoms with Crippen molar-refractivity contribution in [3.8, 4) is 0 Å². The van der Waals surface area contributed by atoms with Crippen LogP contribution in [0.4, 0.5) is 0 Å². The highest BCUT2D eigenvalue weighted by Crippen LogP contribution is 2.09. The Morgan fingerprint density at radius 2 is 1.96 bits per heavy atom. The van der Waals surface area contributed by atoms with Gasteiger partial charge in [-0.3, -0.25) is 9.67 Å². The fraction of sp³-hybridized carbons (Fsp3) is 0.789. The largest absolute Gasteiger partial charge is 0.357 e. The fourth-order valence-corrected chi connectivity index (χ4v) is 2.87. The van der Waals surface area contributed by atoms with E-state index in [0.29, 0.717) is 12.0 Å². The van der Waals surface area contributed by atoms with E-state index in [1.807, 2.05) is 6.92 Å². The van der Waals surface area contributed by atoms with Crippen LogP contribution in [-0.2, 0) is 6.54 Å². The highest BCUT2D eigenvalue weighted by Gasteiger charge is 2.13. The Labute approximate surface area is 177 Å². The van der Waals surface area contributed by atoms with Crippen molar-refractivity contribution in [1.82, 2.24) is 25.3 Å². The van der Waals surface area contributed by atoms with Gasteiger partial charge in [0.05, 0.1) is 12.2 Å². The number of hydrogen-bond donors (Lipinski definition) is 2. The van der Waals surface area contributed by atoms with Crippen molar-refractivity contribution in [1.29, 1.82) is 0 Å². The summed E-state index contributed by atoms with van der Waals surface area (Å²) < 4.78 is 2.08. The second-order valence-electron chi connectivity index (χ2n) is 7.40. The number of guanidine groups is 1. The first-order chi connectivity index (χ1) is 11.8. The van der Waals surface area contributed by atoms with Gasteiger partial charge in [-0.1, -0.05) is 13.8 Å². The number of aryl methyl sites for hydroxylation is 3. The van der Waals surface area contributed by atoms with Crippen LogP contribution in [-0.4, -0.2) is 60.4 Å². The van der Waals surface area contributed by atoms with E-state index >= 15 is 0 Å². The second-order valence-corrected chi connectivity index (χ2v) is 7.40. The normalized spacial score (nSPS) is 13.0. The van der Waals surface area contributed by atoms with Gasteiger partial charge in [-0.2, -0.15) is 5.10 Å². The summed E-state index contributed by atoms with van der Waals surface area (Å²) in [5.41, 5.74) is 2.31. The minimum atomic E-state index is 0. The maximum absolute atomic E-state index is 4.78. The monoisotopic (exact) mass is 478 g/mol. The standard InChI is InChI=1S/C19H38N6.HI/c1-8-20-19(22-14-18(24(6)7)12-15(2)3)21-10-9-11-25-17(5)13-16(4)23-25;/h13,15,18H,8-12,14H2,1-7H3,(H2,20,21,22);1H. The summed E-state index contributed by atoms with van der Waals surface area (Å²) in [4.78, 5) is 7.06. The first-order valence-corrected chi connectivity index (χ1v) is 9.53. The van der Waals surface area contributed by atoms with Crippen molar-refractivity contribution in [2.45, 2.75) is 60.0 Å². The third-order valence-corrected chi connectivity index (χ3v) is 4.22. The van der Waals surface area contributed by atoms with Crippen molar-refractivity contribution in [2.24, 2.45) is 10.9 Å². The van der Waals surface area contributed by atoms with Crippen LogP contribution in [0.15, 0.2) is 11.1 Å². The number of aliphatic imine (C=N–C) groups is 1. The number of nitrogens with one attached hydrogen (secondary N) is 2. The molecular formula is C19H39IN6. The molecule has 1 heterocycles. The molecule has 0 bridgehead atoms. The van der Waals surface area contributed by atoms with Crippen LogP contribution in [0.25, 0.3) is 0 Å². The van der Waals surface area contributed by atoms with E-state index in [0.717, 1.165) is 50.7 Å². The number of halogens is 1. The molecule has 0 amide bonds. The van der Waals surface area contributed by atoms with Gasteiger partial charge in [0.25, 0.3) is 0 Å². The molecule has 0 aromatic carbocycles. The number of hydrogen-bond acceptors (Lipinski definition) is 3. The van der Waals surface area contributed by atoms with Crippen molar-refractivity contribution in [2.75, 3.05) is 33.7 Å². The van der Waals surface area contributed by atoms with E-state index in [2.05, 4.69) is 73.2 Å². The van der Waals surface area contributed by atoms with Gasteiger partial charge >= 0.3 is 0 Å². The predicted molar refractivity (Wildman–Crippen MR) is 123 cm³/mol. The summed E-state index contributed by atoms with van der Waals surface area (Å²) in [7, 11) is 4.27. The zero-order valence-electron chi connectivity index (χ0n) is 17.7. The molecule has 1 atom stereocenters. The van der Waals surface area contributed by atoms with Crippen molar-refractivity contribution < 1.29 is 0 Å². The van der Waals surface area contributed by atoms with Crippen LogP contribution >= 0.6 is 24.0 Å². The predicted octanol–water partition coefficient (Wildman–Crippen LogP) is 3.04. The lowest BCUT2D eigenvalue weighted by Gasteiger charge is -2.24. The highest BCUT2D eigenvalue weighted by atomic mass is 127. The molecule has 0 spiro atoms. The summed E-state index contributed by atoms with van der Waals surface area (Å²) in [6, 6.07) is 2.60. The molecule has 1 unspecified atom stereocenters. The summed E-state index contributed by atoms with van der Waals surface area (Å²) in [6.45, 7) is 14.3. The Balaban J connectivity index is 0.00000625. The van der Waals surface area contributed by atoms with Gasteiger partial charge in [-0.15, -0.1) is 24.0 Å². The molecule has 1 aromatic heterocycles. The Bertz CT molecular complexity index is 524. The minimum Gasteiger partial charge on any atom is -0.357 e. The summed E-state index contributed by atoms with van der Waals surface area (Å²) in [5.74, 6) is 1.59. The number of rotatable bonds is 10. The average molecular weight is 478 g/mol. The molecule has 0 saturated heterocycles. The minimum absolute atomic E-state index is 0. The molecule has 1 aromatic rings. The Hall–Kier alpha value is -0.830. The highest BCUT2D eigenvalue weighted by molar-refractivity contribution is 14.0. The van der Waals surface area contributed by atoms with Crippen molar-refractivity contribution in [3.05, 3.63) is 17.5 Å². The van der Waals surface area contributed by atoms with E-state index < -0.39 is 0 Å². The molecule has 26 heavy (non-hydrogen) atoms. The van der Waals surface area contributed by atoms with Crippen LogP contribution in [0.3, 0.4) is 0 Å². The number of likely N-dealkylation sites (N-methyl/N-ethyl adjacent to an activating group) is 1. The molecule has 0 aliphatic rings. The quantitative estimate of drug-likeness (QED) is 0.235. The van der Waals surface area contributed by atoms with Gasteiger partial charge in [0.1, 0.15) is 0 Å². The van der Waals surface area contributed by atoms with Crippen molar-refractivity contribution >= 4 is 29.9 Å². The molecule has 0 aliphatic heterocycles. The topological polar surface area (TPSA) is 57.5 Å². The van der Waals surface area contributed by atoms with E-state index in [-0.39, 0.29) is 24.0 Å². The van der Waals surface area contributed by atoms with Crippen LogP contribution in [0.5, 0.6) is 0 Å². The van der Waals surface area contributed by atoms with Crippen LogP contribution in [0, 0.1) is 19.8 Å². The first-order valence-electron chi connectivity index (χ1n) is 9.53. The maximum atomic E-state index is 4.78. The fourth-order valence-electron chi connectivity index (χ4n) is 2.87. The Morgan fingerprint density at radius 3 is 2.46 bits per heavy atom. The molecule has 6 nitrogen and oxygen atoms in total. The molecule has 7 heteroatoms. The molecule has 0 fully saturated rings. The van der Waals surface area contributed by atoms with Gasteiger partial charge < -0.3 is 15.5 Å². The molecule has 0 aliphatic carbocycles. The molecule has 0 saturated carbocycles. The number of nitrogens with zero attached hydrogens (tertiary/aromatic N) is 4. The summed E-state index contributed by atoms with van der Waals surface area (Å²) in [6.07, 6.45) is 2.18. The smallest absolute Gasteiger partial charge is 0.191 e. The Kier molecular flexibility index (Phi) is 12.9. The molecular weight excluding hydrogens is 439 g/mol. The Morgan fingerprint density at radius 1 is 1.27 bits per heavy atom. The van der Waals surface area contributed by atoms with E-state index in [4.69, 9.17) is 4.99 Å². The zero-order valence-corrected chi connectivity index (χ0v) is 20.0. The van der Waals surface area contributed by atoms with E-state index in [9.17, 15) is 0 Å². The van der Waals surface area contributed by atoms with Gasteiger partial charge in [-0.05, 0) is 59.7 Å². The van der Waals surface area contributed by atoms with Crippen molar-refractivity contribution in [3.63, 3.8) is 0 Å². The molecule has 1 rings (SSSR count). The van der Waals surface area contributed by atoms with Gasteiger partial charge in [-0.25, -0.2) is 0 Å². The first kappa shape index (κ1) is 25.2. The maximum Gasteiger partial charge on any atom is 0.191 e. The van der Waals surface area contributed by atoms with Crippen LogP contribution in [0.2, 0.25) is 0 Å². The van der Waals surface area contributed by atoms with E-state index in [1.54, 1.807) is 0 Å². The lowest BCUT2D eigenvalue weighted by Crippen LogP contribution is -2.40. The van der Waals surface area contributed by atoms with Crippen LogP contribution in [0.1, 0.15) is 45.0 Å². The third kappa shape index (κ3) is 9.75. The van der Waals surface area contributed by atoms with Gasteiger partial charge in [0, 0.05) is 31.4 Å². The lowest BCUT2D eigenvalue weighted by molar-refractivity contribution is 0.261. The summed E-state index contributed by atoms with van der Waals surface area (Å²) in [5, 5.41) is 11.3. The molecule has 0 radical (unpaired) electrons.